The number of ether oxygens (including phenoxy) is 14. The molecule has 0 unspecified atom stereocenters. The third-order valence-electron chi connectivity index (χ3n) is 16.4. The molecule has 678 valence electrons. The first kappa shape index (κ1) is 101. The second-order valence-corrected chi connectivity index (χ2v) is 29.7. The highest BCUT2D eigenvalue weighted by Gasteiger charge is 2.24. The zero-order valence-electron chi connectivity index (χ0n) is 73.4. The second kappa shape index (κ2) is 52.4. The van der Waals surface area contributed by atoms with Gasteiger partial charge in [-0.3, -0.25) is 9.98 Å². The van der Waals surface area contributed by atoms with Crippen molar-refractivity contribution < 1.29 is 81.0 Å². The Morgan fingerprint density at radius 2 is 0.787 bits per heavy atom. The van der Waals surface area contributed by atoms with Gasteiger partial charge >= 0.3 is 12.2 Å². The molecule has 41 nitrogen and oxygen atoms in total. The monoisotopic (exact) mass is 1880 g/mol. The summed E-state index contributed by atoms with van der Waals surface area (Å²) in [5.74, 6) is 6.31. The van der Waals surface area contributed by atoms with Gasteiger partial charge in [-0.1, -0.05) is 37.9 Å². The second-order valence-electron chi connectivity index (χ2n) is 28.1. The largest absolute Gasteiger partial charge is 0.503 e. The van der Waals surface area contributed by atoms with Crippen LogP contribution in [0.2, 0.25) is 0 Å². The molecule has 0 fully saturated rings. The summed E-state index contributed by atoms with van der Waals surface area (Å²) in [6.07, 6.45) is 23.5. The molecule has 0 radical (unpaired) electrons. The Morgan fingerprint density at radius 3 is 1.18 bits per heavy atom. The molecule has 14 rings (SSSR count). The number of benzene rings is 4. The molecule has 2 aliphatic rings. The molecule has 0 bridgehead atoms. The smallest absolute Gasteiger partial charge is 0.435 e. The number of nitrogens with two attached hydrogens (primary N) is 3. The summed E-state index contributed by atoms with van der Waals surface area (Å²) in [7, 11) is 12.8. The molecule has 10 heterocycles. The average Bonchev–Trinajstić information content (AvgIpc) is 1.63. The van der Waals surface area contributed by atoms with Crippen molar-refractivity contribution in [1.29, 1.82) is 0 Å². The van der Waals surface area contributed by atoms with E-state index < -0.39 is 23.4 Å². The van der Waals surface area contributed by atoms with E-state index in [4.69, 9.17) is 83.9 Å². The maximum atomic E-state index is 12.5. The van der Waals surface area contributed by atoms with Crippen molar-refractivity contribution in [3.05, 3.63) is 174 Å². The number of aromatic nitrogens is 16. The molecule has 127 heavy (non-hydrogen) atoms. The topological polar surface area (TPSA) is 513 Å². The molecule has 0 aliphatic carbocycles. The molecule has 0 amide bonds. The first-order valence-corrected chi connectivity index (χ1v) is 40.6. The van der Waals surface area contributed by atoms with Crippen molar-refractivity contribution >= 4 is 130 Å². The molecule has 4 aromatic carbocycles. The number of hydrogen-bond donors (Lipinski definition) is 7. The lowest BCUT2D eigenvalue weighted by Gasteiger charge is -2.19. The van der Waals surface area contributed by atoms with Gasteiger partial charge in [0, 0.05) is 80.3 Å². The van der Waals surface area contributed by atoms with Crippen LogP contribution < -0.4 is 66.3 Å². The number of halogens is 2. The van der Waals surface area contributed by atoms with Crippen LogP contribution in [-0.4, -0.2) is 242 Å². The number of nitrogens with one attached hydrogen (secondary N) is 3. The molecular formula is C84H106Br2N24O17. The number of aryl methyl sites for hydroxylation is 2. The van der Waals surface area contributed by atoms with E-state index in [1.54, 1.807) is 100 Å². The van der Waals surface area contributed by atoms with Gasteiger partial charge in [0.15, 0.2) is 69.4 Å². The van der Waals surface area contributed by atoms with Crippen LogP contribution in [0.5, 0.6) is 46.0 Å². The Labute approximate surface area is 750 Å². The van der Waals surface area contributed by atoms with Crippen molar-refractivity contribution in [2.45, 2.75) is 79.7 Å². The Kier molecular flexibility index (Phi) is 41.5. The summed E-state index contributed by atoms with van der Waals surface area (Å²) in [5, 5.41) is 29.2. The zero-order chi connectivity index (χ0) is 92.3. The van der Waals surface area contributed by atoms with E-state index in [1.807, 2.05) is 70.5 Å². The van der Waals surface area contributed by atoms with Crippen molar-refractivity contribution in [3.63, 3.8) is 0 Å². The third-order valence-corrected chi connectivity index (χ3v) is 17.6. The Morgan fingerprint density at radius 1 is 0.417 bits per heavy atom. The van der Waals surface area contributed by atoms with Gasteiger partial charge in [-0.05, 0) is 125 Å². The fraction of sp³-hybridized carbons (Fsp3) is 0.357. The molecular weight excluding hydrogens is 1780 g/mol. The summed E-state index contributed by atoms with van der Waals surface area (Å²) in [4.78, 5) is 79.7. The Hall–Kier alpha value is -13.5. The number of hydrogen-bond acceptors (Lipinski definition) is 39. The Balaban J connectivity index is 0.000000208. The normalized spacial score (nSPS) is 11.1. The van der Waals surface area contributed by atoms with Gasteiger partial charge < -0.3 is 105 Å². The van der Waals surface area contributed by atoms with Crippen LogP contribution in [0.25, 0.3) is 21.8 Å². The summed E-state index contributed by atoms with van der Waals surface area (Å²) >= 11 is 6.64. The van der Waals surface area contributed by atoms with Crippen molar-refractivity contribution in [2.24, 2.45) is 9.98 Å². The van der Waals surface area contributed by atoms with Crippen LogP contribution >= 0.6 is 31.9 Å². The van der Waals surface area contributed by atoms with E-state index in [9.17, 15) is 9.59 Å². The molecule has 43 heteroatoms. The number of nitrogens with zero attached hydrogens (tertiary/aromatic N) is 18. The van der Waals surface area contributed by atoms with E-state index in [2.05, 4.69) is 152 Å². The van der Waals surface area contributed by atoms with Gasteiger partial charge in [0.1, 0.15) is 87.1 Å². The number of anilines is 9. The maximum absolute atomic E-state index is 12.5. The van der Waals surface area contributed by atoms with Crippen LogP contribution in [0.1, 0.15) is 74.9 Å². The van der Waals surface area contributed by atoms with E-state index in [0.29, 0.717) is 134 Å². The predicted octanol–water partition coefficient (Wildman–Crippen LogP) is 12.9. The summed E-state index contributed by atoms with van der Waals surface area (Å²) in [6.45, 7) is 20.8. The summed E-state index contributed by atoms with van der Waals surface area (Å²) in [5.41, 5.74) is 25.3. The summed E-state index contributed by atoms with van der Waals surface area (Å²) in [6, 6.07) is 15.6. The first-order chi connectivity index (χ1) is 61.1. The van der Waals surface area contributed by atoms with Gasteiger partial charge in [0.25, 0.3) is 0 Å². The first-order valence-electron chi connectivity index (χ1n) is 38.7. The zero-order valence-corrected chi connectivity index (χ0v) is 76.5. The number of aliphatic imine (C=N–C) groups is 2. The highest BCUT2D eigenvalue weighted by atomic mass is 79.9. The molecule has 2 aliphatic heterocycles. The van der Waals surface area contributed by atoms with Crippen LogP contribution in [0.4, 0.5) is 61.6 Å². The van der Waals surface area contributed by atoms with Crippen molar-refractivity contribution in [1.82, 2.24) is 79.4 Å². The van der Waals surface area contributed by atoms with Crippen molar-refractivity contribution in [2.75, 3.05) is 155 Å². The minimum absolute atomic E-state index is 0.0764. The van der Waals surface area contributed by atoms with E-state index in [-0.39, 0.29) is 11.6 Å². The molecule has 8 aromatic heterocycles. The van der Waals surface area contributed by atoms with Crippen LogP contribution in [0, 0.1) is 13.8 Å². The number of carbonyl (C=O) groups is 2. The number of rotatable bonds is 27. The van der Waals surface area contributed by atoms with E-state index >= 15 is 0 Å². The quantitative estimate of drug-likeness (QED) is 0.0186. The highest BCUT2D eigenvalue weighted by Crippen LogP contribution is 2.38. The number of nitrogen functional groups attached to an aromatic ring is 3. The van der Waals surface area contributed by atoms with E-state index in [0.717, 1.165) is 84.2 Å². The lowest BCUT2D eigenvalue weighted by molar-refractivity contribution is 0.0511. The number of carbonyl (C=O) groups excluding carboxylic acids is 2. The van der Waals surface area contributed by atoms with Gasteiger partial charge in [0.2, 0.25) is 0 Å². The minimum Gasteiger partial charge on any atom is -0.503 e. The number of methoxy groups -OCH3 is 8. The molecule has 12 aromatic rings. The third kappa shape index (κ3) is 32.9. The van der Waals surface area contributed by atoms with Crippen LogP contribution in [0.15, 0.2) is 151 Å². The van der Waals surface area contributed by atoms with Crippen LogP contribution in [0.3, 0.4) is 0 Å². The standard InChI is InChI=1S/C20H25N5O5.C16H18N4O3.C16H18N4O2.C13H15BrN2O2.C7H11N3O2.C5H7N3O.C4H5N3O.C3H7BrO/c1-20(2,3)30-19(26)25-15-9-16(28-5)14(8-13(15)10-23-25)24-18-17(11-21-12-22-18)29-7-6-27-4;1-21-3-4-23-15-9-18-10-19-16(15)20-13-5-11-7-17-8-12(11)6-14(13)22-2;1-11-5-12-7-17-8-13(12)6-14(11)20-16-15(9-18-10-19-16)22-4-3-21-2;1-8-5-11-9(6-10(8)14)7-15-16(11)12(17)18-13(2,3)4;1-11-2-3-12-6-4-9-5-10-7(6)8;1-9-4-2-7-3-8-5(4)6;5-4-3(8)1-6-2-7-4;1-5-3-2-4/h8-12H,6-7H2,1-5H3,(H,21,22,24);5-7,9-10H,3-4,8H2,1-2H3,(H,18,19,20);5-6,8-10H,3-4,7H2,1-2H3,(H,18,19,20);5-7H,1-4H3;4-5H,2-3H2,1H3,(H2,8,9,10);2-3H,1H3,(H2,6,7,8);1-2,8H,(H2,5,6,7);2-3H2,1H3. The number of alkyl halides is 1. The lowest BCUT2D eigenvalue weighted by atomic mass is 10.0. The number of fused-ring (bicyclic) bond motifs is 4. The summed E-state index contributed by atoms with van der Waals surface area (Å²) < 4.78 is 76.6. The number of aromatic hydroxyl groups is 1. The van der Waals surface area contributed by atoms with Crippen molar-refractivity contribution in [3.8, 4) is 46.0 Å². The lowest BCUT2D eigenvalue weighted by Crippen LogP contribution is -2.27. The Bertz CT molecular complexity index is 5490. The minimum atomic E-state index is -0.632. The average molecular weight is 1880 g/mol. The molecule has 0 atom stereocenters. The fourth-order valence-corrected chi connectivity index (χ4v) is 11.1. The highest BCUT2D eigenvalue weighted by molar-refractivity contribution is 9.10. The van der Waals surface area contributed by atoms with Crippen LogP contribution in [-0.2, 0) is 46.2 Å². The van der Waals surface area contributed by atoms with Gasteiger partial charge in [-0.15, -0.1) is 0 Å². The maximum Gasteiger partial charge on any atom is 0.435 e. The fourth-order valence-electron chi connectivity index (χ4n) is 10.4. The molecule has 0 spiro atoms. The SMILES string of the molecule is COCCBr.COCCOc1cncnc1N.COCCOc1cncnc1Nc1cc2c(cc1C)CN=C2.COCCOc1cncnc1Nc1cc2c(cc1OC)CN=C2.COCCOc1cncnc1Nc1cc2cnn(C(=O)OC(C)(C)C)c2cc1OC.COc1cncnc1N.Cc1cc2c(cnn2C(=O)OC(C)(C)C)cc1Br.Nc1ncncc1O. The van der Waals surface area contributed by atoms with Gasteiger partial charge in [0.05, 0.1) is 139 Å². The van der Waals surface area contributed by atoms with Gasteiger partial charge in [-0.2, -0.15) is 19.6 Å². The molecule has 10 N–H and O–H groups in total. The van der Waals surface area contributed by atoms with E-state index in [1.165, 1.54) is 85.7 Å². The molecule has 0 saturated carbocycles. The predicted molar refractivity (Wildman–Crippen MR) is 487 cm³/mol. The molecule has 0 saturated heterocycles. The van der Waals surface area contributed by atoms with Gasteiger partial charge in [-0.25, -0.2) is 69.4 Å².